The van der Waals surface area contributed by atoms with Gasteiger partial charge in [0, 0.05) is 32.7 Å². The second-order valence-corrected chi connectivity index (χ2v) is 7.67. The third-order valence-electron chi connectivity index (χ3n) is 4.15. The van der Waals surface area contributed by atoms with Gasteiger partial charge in [-0.1, -0.05) is 43.8 Å². The SMILES string of the molecule is C.Nc1ccc(-c2ccc(S(=O)(=O)N3CC=CCC3C(=O)O)cc2)cc1.[Re]. The van der Waals surface area contributed by atoms with Gasteiger partial charge in [0.1, 0.15) is 6.04 Å². The van der Waals surface area contributed by atoms with E-state index in [2.05, 4.69) is 0 Å². The van der Waals surface area contributed by atoms with Gasteiger partial charge in [-0.05, 0) is 41.8 Å². The number of nitrogen functional groups attached to an aromatic ring is 1. The Hall–Kier alpha value is -1.98. The largest absolute Gasteiger partial charge is 0.480 e. The average molecular weight is 561 g/mol. The van der Waals surface area contributed by atoms with Gasteiger partial charge in [0.05, 0.1) is 4.90 Å². The summed E-state index contributed by atoms with van der Waals surface area (Å²) in [6, 6.07) is 12.6. The topological polar surface area (TPSA) is 101 Å². The summed E-state index contributed by atoms with van der Waals surface area (Å²) in [6.45, 7) is 0.0546. The van der Waals surface area contributed by atoms with Crippen LogP contribution in [0.15, 0.2) is 65.6 Å². The minimum atomic E-state index is -3.88. The molecule has 145 valence electrons. The number of carboxylic acid groups (broad SMARTS) is 1. The molecule has 1 heterocycles. The van der Waals surface area contributed by atoms with Crippen molar-refractivity contribution in [3.05, 3.63) is 60.7 Å². The fourth-order valence-corrected chi connectivity index (χ4v) is 4.31. The van der Waals surface area contributed by atoms with Crippen molar-refractivity contribution >= 4 is 21.7 Å². The molecule has 2 aromatic carbocycles. The van der Waals surface area contributed by atoms with Gasteiger partial charge in [0.15, 0.2) is 0 Å². The minimum absolute atomic E-state index is 0. The number of nitrogens with two attached hydrogens (primary N) is 1. The molecule has 0 aromatic heterocycles. The van der Waals surface area contributed by atoms with Gasteiger partial charge in [-0.2, -0.15) is 4.31 Å². The molecular formula is C19H22N2O4ReS. The molecule has 3 N–H and O–H groups in total. The summed E-state index contributed by atoms with van der Waals surface area (Å²) in [7, 11) is -3.88. The van der Waals surface area contributed by atoms with E-state index in [1.54, 1.807) is 36.4 Å². The Morgan fingerprint density at radius 1 is 1.00 bits per heavy atom. The first-order valence-electron chi connectivity index (χ1n) is 7.75. The van der Waals surface area contributed by atoms with Crippen LogP contribution in [0.4, 0.5) is 5.69 Å². The summed E-state index contributed by atoms with van der Waals surface area (Å²) in [5.41, 5.74) is 8.09. The van der Waals surface area contributed by atoms with Gasteiger partial charge in [-0.15, -0.1) is 0 Å². The maximum Gasteiger partial charge on any atom is 0.322 e. The van der Waals surface area contributed by atoms with Crippen molar-refractivity contribution in [2.45, 2.75) is 24.8 Å². The molecule has 1 aliphatic rings. The van der Waals surface area contributed by atoms with Crippen LogP contribution in [0, 0.1) is 0 Å². The smallest absolute Gasteiger partial charge is 0.322 e. The van der Waals surface area contributed by atoms with Crippen LogP contribution in [0.25, 0.3) is 11.1 Å². The molecule has 0 amide bonds. The van der Waals surface area contributed by atoms with Crippen molar-refractivity contribution in [1.29, 1.82) is 0 Å². The molecule has 1 aliphatic heterocycles. The Bertz CT molecular complexity index is 910. The molecule has 0 bridgehead atoms. The van der Waals surface area contributed by atoms with Crippen molar-refractivity contribution in [3.63, 3.8) is 0 Å². The Kier molecular flexibility index (Phi) is 7.93. The molecule has 0 saturated carbocycles. The van der Waals surface area contributed by atoms with Gasteiger partial charge in [0.2, 0.25) is 10.0 Å². The van der Waals surface area contributed by atoms with E-state index in [0.29, 0.717) is 5.69 Å². The summed E-state index contributed by atoms with van der Waals surface area (Å²) >= 11 is 0. The minimum Gasteiger partial charge on any atom is -0.480 e. The Morgan fingerprint density at radius 2 is 1.52 bits per heavy atom. The van der Waals surface area contributed by atoms with E-state index in [-0.39, 0.29) is 45.7 Å². The van der Waals surface area contributed by atoms with Gasteiger partial charge < -0.3 is 10.8 Å². The van der Waals surface area contributed by atoms with Crippen LogP contribution in [0.2, 0.25) is 0 Å². The van der Waals surface area contributed by atoms with E-state index < -0.39 is 22.0 Å². The van der Waals surface area contributed by atoms with E-state index >= 15 is 0 Å². The fourth-order valence-electron chi connectivity index (χ4n) is 2.77. The maximum absolute atomic E-state index is 12.8. The number of carbonyl (C=O) groups is 1. The number of hydrogen-bond donors (Lipinski definition) is 2. The predicted octanol–water partition coefficient (Wildman–Crippen LogP) is 2.97. The number of rotatable bonds is 4. The number of hydrogen-bond acceptors (Lipinski definition) is 4. The molecule has 0 saturated heterocycles. The zero-order chi connectivity index (χ0) is 18.0. The van der Waals surface area contributed by atoms with Crippen molar-refractivity contribution in [3.8, 4) is 11.1 Å². The summed E-state index contributed by atoms with van der Waals surface area (Å²) in [4.78, 5) is 11.4. The third kappa shape index (κ3) is 4.85. The fraction of sp³-hybridized carbons (Fsp3) is 0.211. The molecule has 0 fully saturated rings. The standard InChI is InChI=1S/C18H18N2O4S.CH4.Re/c19-15-8-4-13(5-9-15)14-6-10-16(11-7-14)25(23,24)20-12-2-1-3-17(20)18(21)22;;/h1-2,4-11,17H,3,12,19H2,(H,21,22);1H4;. The Labute approximate surface area is 173 Å². The summed E-state index contributed by atoms with van der Waals surface area (Å²) < 4.78 is 26.6. The molecule has 27 heavy (non-hydrogen) atoms. The number of sulfonamides is 1. The molecule has 0 aliphatic carbocycles. The van der Waals surface area contributed by atoms with Crippen LogP contribution in [0.3, 0.4) is 0 Å². The van der Waals surface area contributed by atoms with E-state index in [0.717, 1.165) is 15.4 Å². The molecule has 1 unspecified atom stereocenters. The van der Waals surface area contributed by atoms with Crippen LogP contribution in [0.5, 0.6) is 0 Å². The molecule has 1 radical (unpaired) electrons. The zero-order valence-corrected chi connectivity index (χ0v) is 17.3. The first-order valence-corrected chi connectivity index (χ1v) is 9.19. The van der Waals surface area contributed by atoms with E-state index in [4.69, 9.17) is 5.73 Å². The van der Waals surface area contributed by atoms with Gasteiger partial charge in [-0.3, -0.25) is 4.79 Å². The van der Waals surface area contributed by atoms with Crippen molar-refractivity contribution in [2.24, 2.45) is 0 Å². The van der Waals surface area contributed by atoms with Crippen LogP contribution in [0.1, 0.15) is 13.8 Å². The first-order chi connectivity index (χ1) is 11.9. The van der Waals surface area contributed by atoms with E-state index in [9.17, 15) is 18.3 Å². The first kappa shape index (κ1) is 23.1. The number of nitrogens with zero attached hydrogens (tertiary/aromatic N) is 1. The monoisotopic (exact) mass is 561 g/mol. The van der Waals surface area contributed by atoms with Gasteiger partial charge in [0.25, 0.3) is 0 Å². The third-order valence-corrected chi connectivity index (χ3v) is 6.04. The average Bonchev–Trinajstić information content (AvgIpc) is 2.62. The maximum atomic E-state index is 12.8. The Balaban J connectivity index is 0.00000182. The summed E-state index contributed by atoms with van der Waals surface area (Å²) in [5, 5.41) is 9.28. The van der Waals surface area contributed by atoms with Crippen LogP contribution in [-0.4, -0.2) is 36.4 Å². The molecular weight excluding hydrogens is 538 g/mol. The number of benzene rings is 2. The second-order valence-electron chi connectivity index (χ2n) is 5.78. The number of carboxylic acids is 1. The number of anilines is 1. The van der Waals surface area contributed by atoms with E-state index in [1.807, 2.05) is 12.1 Å². The Morgan fingerprint density at radius 3 is 2.04 bits per heavy atom. The summed E-state index contributed by atoms with van der Waals surface area (Å²) in [6.07, 6.45) is 3.52. The molecule has 3 rings (SSSR count). The van der Waals surface area contributed by atoms with Crippen molar-refractivity contribution < 1.29 is 38.7 Å². The molecule has 2 aromatic rings. The van der Waals surface area contributed by atoms with Crippen LogP contribution < -0.4 is 5.73 Å². The van der Waals surface area contributed by atoms with E-state index in [1.165, 1.54) is 12.1 Å². The second kappa shape index (κ2) is 9.29. The summed E-state index contributed by atoms with van der Waals surface area (Å²) in [5.74, 6) is -1.15. The van der Waals surface area contributed by atoms with Crippen LogP contribution >= 0.6 is 0 Å². The number of aliphatic carboxylic acids is 1. The van der Waals surface area contributed by atoms with Crippen molar-refractivity contribution in [1.82, 2.24) is 4.31 Å². The molecule has 8 heteroatoms. The van der Waals surface area contributed by atoms with Gasteiger partial charge in [-0.25, -0.2) is 8.42 Å². The van der Waals surface area contributed by atoms with Crippen molar-refractivity contribution in [2.75, 3.05) is 12.3 Å². The zero-order valence-electron chi connectivity index (χ0n) is 13.7. The quantitative estimate of drug-likeness (QED) is 0.443. The molecule has 6 nitrogen and oxygen atoms in total. The van der Waals surface area contributed by atoms with Crippen LogP contribution in [-0.2, 0) is 35.2 Å². The normalized spacial score (nSPS) is 16.8. The predicted molar refractivity (Wildman–Crippen MR) is 102 cm³/mol. The van der Waals surface area contributed by atoms with Gasteiger partial charge >= 0.3 is 5.97 Å². The molecule has 0 spiro atoms. The molecule has 1 atom stereocenters.